The Kier molecular flexibility index (Phi) is 6.13. The second-order valence-corrected chi connectivity index (χ2v) is 12.0. The molecule has 0 aromatic heterocycles. The van der Waals surface area contributed by atoms with Gasteiger partial charge in [0.25, 0.3) is 5.91 Å². The molecule has 2 amide bonds. The molecule has 3 heterocycles. The summed E-state index contributed by atoms with van der Waals surface area (Å²) in [6.07, 6.45) is 4.00. The predicted molar refractivity (Wildman–Crippen MR) is 123 cm³/mol. The molecular weight excluding hydrogens is 426 g/mol. The number of sulfonamides is 1. The number of carbonyl (C=O) groups excluding carboxylic acids is 2. The molecule has 4 rings (SSSR count). The molecule has 32 heavy (non-hydrogen) atoms. The van der Waals surface area contributed by atoms with Crippen molar-refractivity contribution in [1.29, 1.82) is 0 Å². The van der Waals surface area contributed by atoms with Crippen molar-refractivity contribution < 1.29 is 18.0 Å². The van der Waals surface area contributed by atoms with E-state index in [0.717, 1.165) is 17.1 Å². The van der Waals surface area contributed by atoms with Crippen molar-refractivity contribution in [2.75, 3.05) is 12.8 Å². The zero-order chi connectivity index (χ0) is 23.4. The van der Waals surface area contributed by atoms with Crippen molar-refractivity contribution in [3.8, 4) is 0 Å². The molecule has 0 spiro atoms. The highest BCUT2D eigenvalue weighted by molar-refractivity contribution is 7.88. The van der Waals surface area contributed by atoms with Gasteiger partial charge in [0.1, 0.15) is 0 Å². The quantitative estimate of drug-likeness (QED) is 0.674. The normalized spacial score (nSPS) is 31.1. The third-order valence-electron chi connectivity index (χ3n) is 7.63. The first-order valence-corrected chi connectivity index (χ1v) is 13.5. The Morgan fingerprint density at radius 2 is 1.66 bits per heavy atom. The van der Waals surface area contributed by atoms with Crippen LogP contribution in [0.3, 0.4) is 0 Å². The van der Waals surface area contributed by atoms with E-state index >= 15 is 0 Å². The number of hydrogen-bond donors (Lipinski definition) is 0. The molecule has 0 bridgehead atoms. The molecule has 0 aliphatic carbocycles. The Labute approximate surface area is 191 Å². The lowest BCUT2D eigenvalue weighted by Crippen LogP contribution is -2.44. The molecule has 3 fully saturated rings. The van der Waals surface area contributed by atoms with Crippen molar-refractivity contribution in [2.24, 2.45) is 11.8 Å². The van der Waals surface area contributed by atoms with E-state index in [9.17, 15) is 18.0 Å². The van der Waals surface area contributed by atoms with Gasteiger partial charge in [-0.1, -0.05) is 26.0 Å². The van der Waals surface area contributed by atoms with Crippen LogP contribution in [0.1, 0.15) is 62.9 Å². The highest BCUT2D eigenvalue weighted by atomic mass is 32.2. The molecule has 0 radical (unpaired) electrons. The minimum Gasteiger partial charge on any atom is -0.333 e. The second kappa shape index (κ2) is 8.45. The van der Waals surface area contributed by atoms with E-state index in [4.69, 9.17) is 0 Å². The van der Waals surface area contributed by atoms with Gasteiger partial charge >= 0.3 is 0 Å². The third-order valence-corrected chi connectivity index (χ3v) is 8.79. The van der Waals surface area contributed by atoms with Crippen molar-refractivity contribution in [1.82, 2.24) is 14.1 Å². The molecule has 1 aromatic carbocycles. The zero-order valence-corrected chi connectivity index (χ0v) is 20.5. The lowest BCUT2D eigenvalue weighted by molar-refractivity contribution is -0.129. The number of rotatable bonds is 5. The van der Waals surface area contributed by atoms with Gasteiger partial charge in [-0.3, -0.25) is 14.5 Å². The SMILES string of the molecule is CC(C)[C@H]1C(=O)N(S(C)(=O)=O)[C@H]2CCN(C(=O)c3ccc(CN4C(C)CCC4C)cc3)[C@H]12. The number of nitrogens with zero attached hydrogens (tertiary/aromatic N) is 3. The Morgan fingerprint density at radius 3 is 2.19 bits per heavy atom. The first-order valence-electron chi connectivity index (χ1n) is 11.7. The van der Waals surface area contributed by atoms with Crippen molar-refractivity contribution in [2.45, 2.75) is 77.7 Å². The van der Waals surface area contributed by atoms with Crippen LogP contribution < -0.4 is 0 Å². The van der Waals surface area contributed by atoms with Crippen LogP contribution in [0.5, 0.6) is 0 Å². The van der Waals surface area contributed by atoms with Crippen LogP contribution in [0.4, 0.5) is 0 Å². The van der Waals surface area contributed by atoms with E-state index in [1.165, 1.54) is 18.4 Å². The molecule has 3 saturated heterocycles. The molecule has 0 saturated carbocycles. The summed E-state index contributed by atoms with van der Waals surface area (Å²) >= 11 is 0. The predicted octanol–water partition coefficient (Wildman–Crippen LogP) is 2.72. The molecule has 3 aliphatic heterocycles. The van der Waals surface area contributed by atoms with Gasteiger partial charge in [0.15, 0.2) is 0 Å². The lowest BCUT2D eigenvalue weighted by atomic mass is 9.88. The molecule has 5 atom stereocenters. The van der Waals surface area contributed by atoms with Gasteiger partial charge in [-0.05, 0) is 56.7 Å². The topological polar surface area (TPSA) is 78.0 Å². The Morgan fingerprint density at radius 1 is 1.06 bits per heavy atom. The third kappa shape index (κ3) is 3.96. The van der Waals surface area contributed by atoms with Crippen LogP contribution >= 0.6 is 0 Å². The van der Waals surface area contributed by atoms with Crippen molar-refractivity contribution in [3.05, 3.63) is 35.4 Å². The van der Waals surface area contributed by atoms with Gasteiger partial charge in [0.05, 0.1) is 24.3 Å². The summed E-state index contributed by atoms with van der Waals surface area (Å²) in [7, 11) is -3.67. The summed E-state index contributed by atoms with van der Waals surface area (Å²) in [4.78, 5) is 30.6. The summed E-state index contributed by atoms with van der Waals surface area (Å²) in [5, 5.41) is 0. The van der Waals surface area contributed by atoms with Crippen molar-refractivity contribution in [3.63, 3.8) is 0 Å². The largest absolute Gasteiger partial charge is 0.333 e. The van der Waals surface area contributed by atoms with E-state index in [2.05, 4.69) is 18.7 Å². The minimum absolute atomic E-state index is 0.0537. The number of benzene rings is 1. The monoisotopic (exact) mass is 461 g/mol. The molecule has 2 unspecified atom stereocenters. The van der Waals surface area contributed by atoms with E-state index < -0.39 is 28.0 Å². The molecular formula is C24H35N3O4S. The fourth-order valence-electron chi connectivity index (χ4n) is 5.96. The summed E-state index contributed by atoms with van der Waals surface area (Å²) < 4.78 is 25.7. The number of amides is 2. The zero-order valence-electron chi connectivity index (χ0n) is 19.7. The Bertz CT molecular complexity index is 981. The van der Waals surface area contributed by atoms with Crippen LogP contribution in [-0.4, -0.2) is 71.3 Å². The van der Waals surface area contributed by atoms with Gasteiger partial charge in [-0.25, -0.2) is 12.7 Å². The maximum atomic E-state index is 13.4. The summed E-state index contributed by atoms with van der Waals surface area (Å²) in [5.74, 6) is -1.06. The van der Waals surface area contributed by atoms with Gasteiger partial charge < -0.3 is 4.90 Å². The fraction of sp³-hybridized carbons (Fsp3) is 0.667. The summed E-state index contributed by atoms with van der Waals surface area (Å²) in [6, 6.07) is 8.03. The van der Waals surface area contributed by atoms with E-state index in [-0.39, 0.29) is 17.7 Å². The molecule has 0 N–H and O–H groups in total. The number of fused-ring (bicyclic) bond motifs is 1. The molecule has 7 nitrogen and oxygen atoms in total. The summed E-state index contributed by atoms with van der Waals surface area (Å²) in [6.45, 7) is 9.70. The average molecular weight is 462 g/mol. The van der Waals surface area contributed by atoms with Gasteiger partial charge in [-0.15, -0.1) is 0 Å². The number of hydrogen-bond acceptors (Lipinski definition) is 5. The number of carbonyl (C=O) groups is 2. The Balaban J connectivity index is 1.54. The van der Waals surface area contributed by atoms with E-state index in [0.29, 0.717) is 30.6 Å². The number of likely N-dealkylation sites (tertiary alicyclic amines) is 2. The van der Waals surface area contributed by atoms with Crippen LogP contribution in [0, 0.1) is 11.8 Å². The van der Waals surface area contributed by atoms with Crippen LogP contribution in [0.15, 0.2) is 24.3 Å². The maximum absolute atomic E-state index is 13.4. The smallest absolute Gasteiger partial charge is 0.254 e. The Hall–Kier alpha value is -1.93. The van der Waals surface area contributed by atoms with Crippen LogP contribution in [0.25, 0.3) is 0 Å². The average Bonchev–Trinajstić information content (AvgIpc) is 3.34. The maximum Gasteiger partial charge on any atom is 0.254 e. The molecule has 3 aliphatic rings. The minimum atomic E-state index is -3.67. The van der Waals surface area contributed by atoms with Gasteiger partial charge in [-0.2, -0.15) is 0 Å². The first-order chi connectivity index (χ1) is 15.0. The van der Waals surface area contributed by atoms with Gasteiger partial charge in [0.2, 0.25) is 15.9 Å². The summed E-state index contributed by atoms with van der Waals surface area (Å²) in [5.41, 5.74) is 1.77. The fourth-order valence-corrected chi connectivity index (χ4v) is 7.13. The van der Waals surface area contributed by atoms with Crippen molar-refractivity contribution >= 4 is 21.8 Å². The standard InChI is InChI=1S/C24H35N3O4S/c1-15(2)21-22-20(27(24(21)29)32(5,30)31)12-13-25(22)23(28)19-10-8-18(9-11-19)14-26-16(3)6-7-17(26)4/h8-11,15-17,20-22H,6-7,12-14H2,1-5H3/t16?,17?,20-,21+,22-/m0/s1. The first kappa shape index (κ1) is 23.2. The molecule has 1 aromatic rings. The van der Waals surface area contributed by atoms with Gasteiger partial charge in [0, 0.05) is 30.7 Å². The molecule has 176 valence electrons. The molecule has 8 heteroatoms. The van der Waals surface area contributed by atoms with Crippen LogP contribution in [-0.2, 0) is 21.4 Å². The lowest BCUT2D eigenvalue weighted by Gasteiger charge is -2.29. The highest BCUT2D eigenvalue weighted by Crippen LogP contribution is 2.41. The van der Waals surface area contributed by atoms with E-state index in [1.54, 1.807) is 4.90 Å². The van der Waals surface area contributed by atoms with E-state index in [1.807, 2.05) is 38.1 Å². The highest BCUT2D eigenvalue weighted by Gasteiger charge is 2.58. The van der Waals surface area contributed by atoms with Crippen LogP contribution in [0.2, 0.25) is 0 Å². The second-order valence-electron chi connectivity index (χ2n) is 10.2.